The first kappa shape index (κ1) is 14.9. The summed E-state index contributed by atoms with van der Waals surface area (Å²) in [6, 6.07) is 7.53. The number of nitrogens with one attached hydrogen (secondary N) is 2. The van der Waals surface area contributed by atoms with E-state index >= 15 is 0 Å². The van der Waals surface area contributed by atoms with Gasteiger partial charge in [0.25, 0.3) is 0 Å². The second kappa shape index (κ2) is 6.27. The maximum Gasteiger partial charge on any atom is 0.238 e. The third-order valence-corrected chi connectivity index (χ3v) is 2.99. The molecule has 0 radical (unpaired) electrons. The Balaban J connectivity index is 1.88. The molecule has 20 heavy (non-hydrogen) atoms. The summed E-state index contributed by atoms with van der Waals surface area (Å²) >= 11 is 0. The minimum atomic E-state index is -0.287. The van der Waals surface area contributed by atoms with Gasteiger partial charge in [0.15, 0.2) is 0 Å². The van der Waals surface area contributed by atoms with Crippen molar-refractivity contribution in [2.24, 2.45) is 5.92 Å². The van der Waals surface area contributed by atoms with Gasteiger partial charge in [-0.25, -0.2) is 0 Å². The van der Waals surface area contributed by atoms with Crippen molar-refractivity contribution >= 4 is 11.6 Å². The Hall–Kier alpha value is -1.55. The third kappa shape index (κ3) is 5.21. The molecule has 0 aromatic heterocycles. The van der Waals surface area contributed by atoms with E-state index in [0.717, 1.165) is 18.2 Å². The standard InChI is InChI=1S/C16H24N2O2/c1-16(2,3)20-14-7-5-4-6-13(14)18-15(19)11-17-10-12-8-9-12/h4-7,12,17H,8-11H2,1-3H3,(H,18,19). The highest BCUT2D eigenvalue weighted by Gasteiger charge is 2.21. The van der Waals surface area contributed by atoms with E-state index in [2.05, 4.69) is 10.6 Å². The first-order valence-electron chi connectivity index (χ1n) is 7.23. The molecule has 110 valence electrons. The van der Waals surface area contributed by atoms with E-state index < -0.39 is 0 Å². The van der Waals surface area contributed by atoms with Gasteiger partial charge in [-0.2, -0.15) is 0 Å². The zero-order valence-electron chi connectivity index (χ0n) is 12.5. The second-order valence-corrected chi connectivity index (χ2v) is 6.33. The van der Waals surface area contributed by atoms with E-state index in [4.69, 9.17) is 4.74 Å². The number of benzene rings is 1. The van der Waals surface area contributed by atoms with Crippen LogP contribution in [0.2, 0.25) is 0 Å². The molecule has 0 spiro atoms. The fourth-order valence-corrected chi connectivity index (χ4v) is 1.89. The summed E-state index contributed by atoms with van der Waals surface area (Å²) in [6.07, 6.45) is 2.58. The van der Waals surface area contributed by atoms with Gasteiger partial charge < -0.3 is 15.4 Å². The Morgan fingerprint density at radius 2 is 2.00 bits per heavy atom. The Morgan fingerprint density at radius 1 is 1.30 bits per heavy atom. The number of hydrogen-bond acceptors (Lipinski definition) is 3. The topological polar surface area (TPSA) is 50.4 Å². The smallest absolute Gasteiger partial charge is 0.238 e. The molecule has 1 aromatic rings. The van der Waals surface area contributed by atoms with E-state index in [1.807, 2.05) is 45.0 Å². The molecule has 0 aliphatic heterocycles. The lowest BCUT2D eigenvalue weighted by atomic mass is 10.2. The summed E-state index contributed by atoms with van der Waals surface area (Å²) in [5.74, 6) is 1.45. The molecule has 2 N–H and O–H groups in total. The maximum atomic E-state index is 11.9. The number of rotatable bonds is 6. The lowest BCUT2D eigenvalue weighted by molar-refractivity contribution is -0.115. The average Bonchev–Trinajstić information content (AvgIpc) is 3.14. The first-order chi connectivity index (χ1) is 9.44. The van der Waals surface area contributed by atoms with Crippen molar-refractivity contribution in [2.45, 2.75) is 39.2 Å². The zero-order chi connectivity index (χ0) is 14.6. The van der Waals surface area contributed by atoms with Crippen LogP contribution in [0.25, 0.3) is 0 Å². The summed E-state index contributed by atoms with van der Waals surface area (Å²) in [4.78, 5) is 11.9. The summed E-state index contributed by atoms with van der Waals surface area (Å²) in [5.41, 5.74) is 0.436. The van der Waals surface area contributed by atoms with Gasteiger partial charge in [-0.05, 0) is 58.2 Å². The van der Waals surface area contributed by atoms with Crippen LogP contribution in [-0.4, -0.2) is 24.6 Å². The molecule has 4 nitrogen and oxygen atoms in total. The van der Waals surface area contributed by atoms with Crippen LogP contribution in [0.15, 0.2) is 24.3 Å². The highest BCUT2D eigenvalue weighted by atomic mass is 16.5. The monoisotopic (exact) mass is 276 g/mol. The molecule has 0 heterocycles. The van der Waals surface area contributed by atoms with Crippen LogP contribution in [0, 0.1) is 5.92 Å². The highest BCUT2D eigenvalue weighted by molar-refractivity contribution is 5.93. The Labute approximate surface area is 120 Å². The highest BCUT2D eigenvalue weighted by Crippen LogP contribution is 2.28. The number of ether oxygens (including phenoxy) is 1. The van der Waals surface area contributed by atoms with Crippen molar-refractivity contribution < 1.29 is 9.53 Å². The number of carbonyl (C=O) groups excluding carboxylic acids is 1. The first-order valence-corrected chi connectivity index (χ1v) is 7.23. The molecule has 4 heteroatoms. The van der Waals surface area contributed by atoms with Gasteiger partial charge in [0.05, 0.1) is 12.2 Å². The molecular formula is C16H24N2O2. The SMILES string of the molecule is CC(C)(C)Oc1ccccc1NC(=O)CNCC1CC1. The van der Waals surface area contributed by atoms with Crippen molar-refractivity contribution in [2.75, 3.05) is 18.4 Å². The minimum absolute atomic E-state index is 0.0318. The van der Waals surface area contributed by atoms with Crippen LogP contribution < -0.4 is 15.4 Å². The predicted molar refractivity (Wildman–Crippen MR) is 81.0 cm³/mol. The predicted octanol–water partition coefficient (Wildman–Crippen LogP) is 2.80. The maximum absolute atomic E-state index is 11.9. The molecule has 0 saturated heterocycles. The number of amides is 1. The number of anilines is 1. The molecule has 2 rings (SSSR count). The van der Waals surface area contributed by atoms with Crippen LogP contribution >= 0.6 is 0 Å². The van der Waals surface area contributed by atoms with Gasteiger partial charge in [0, 0.05) is 0 Å². The van der Waals surface area contributed by atoms with Crippen LogP contribution in [0.1, 0.15) is 33.6 Å². The lowest BCUT2D eigenvalue weighted by Gasteiger charge is -2.23. The van der Waals surface area contributed by atoms with Gasteiger partial charge in [-0.15, -0.1) is 0 Å². The Kier molecular flexibility index (Phi) is 4.65. The van der Waals surface area contributed by atoms with E-state index in [9.17, 15) is 4.79 Å². The summed E-state index contributed by atoms with van der Waals surface area (Å²) in [5, 5.41) is 6.08. The van der Waals surface area contributed by atoms with Gasteiger partial charge in [-0.3, -0.25) is 4.79 Å². The normalized spacial score (nSPS) is 14.9. The molecule has 1 aromatic carbocycles. The van der Waals surface area contributed by atoms with Crippen LogP contribution in [0.3, 0.4) is 0 Å². The molecular weight excluding hydrogens is 252 g/mol. The van der Waals surface area contributed by atoms with Crippen LogP contribution in [0.4, 0.5) is 5.69 Å². The van der Waals surface area contributed by atoms with E-state index in [0.29, 0.717) is 12.3 Å². The number of hydrogen-bond donors (Lipinski definition) is 2. The average molecular weight is 276 g/mol. The fraction of sp³-hybridized carbons (Fsp3) is 0.562. The van der Waals surface area contributed by atoms with Crippen LogP contribution in [-0.2, 0) is 4.79 Å². The Morgan fingerprint density at radius 3 is 2.65 bits per heavy atom. The molecule has 1 amide bonds. The van der Waals surface area contributed by atoms with E-state index in [1.54, 1.807) is 0 Å². The summed E-state index contributed by atoms with van der Waals surface area (Å²) < 4.78 is 5.85. The van der Waals surface area contributed by atoms with Crippen molar-refractivity contribution in [3.63, 3.8) is 0 Å². The van der Waals surface area contributed by atoms with Gasteiger partial charge in [0.2, 0.25) is 5.91 Å². The fourth-order valence-electron chi connectivity index (χ4n) is 1.89. The second-order valence-electron chi connectivity index (χ2n) is 6.33. The summed E-state index contributed by atoms with van der Waals surface area (Å²) in [7, 11) is 0. The molecule has 0 unspecified atom stereocenters. The minimum Gasteiger partial charge on any atom is -0.486 e. The third-order valence-electron chi connectivity index (χ3n) is 2.99. The van der Waals surface area contributed by atoms with Crippen molar-refractivity contribution in [3.8, 4) is 5.75 Å². The number of para-hydroxylation sites is 2. The Bertz CT molecular complexity index is 462. The zero-order valence-corrected chi connectivity index (χ0v) is 12.5. The summed E-state index contributed by atoms with van der Waals surface area (Å²) in [6.45, 7) is 7.25. The van der Waals surface area contributed by atoms with Crippen molar-refractivity contribution in [1.29, 1.82) is 0 Å². The molecule has 0 atom stereocenters. The molecule has 0 bridgehead atoms. The van der Waals surface area contributed by atoms with Crippen molar-refractivity contribution in [1.82, 2.24) is 5.32 Å². The van der Waals surface area contributed by atoms with Gasteiger partial charge in [0.1, 0.15) is 11.4 Å². The lowest BCUT2D eigenvalue weighted by Crippen LogP contribution is -2.30. The van der Waals surface area contributed by atoms with Gasteiger partial charge >= 0.3 is 0 Å². The quantitative estimate of drug-likeness (QED) is 0.840. The van der Waals surface area contributed by atoms with E-state index in [-0.39, 0.29) is 11.5 Å². The number of carbonyl (C=O) groups is 1. The molecule has 1 fully saturated rings. The molecule has 1 aliphatic rings. The van der Waals surface area contributed by atoms with E-state index in [1.165, 1.54) is 12.8 Å². The molecule has 1 saturated carbocycles. The van der Waals surface area contributed by atoms with Crippen molar-refractivity contribution in [3.05, 3.63) is 24.3 Å². The largest absolute Gasteiger partial charge is 0.486 e. The van der Waals surface area contributed by atoms with Gasteiger partial charge in [-0.1, -0.05) is 12.1 Å². The van der Waals surface area contributed by atoms with Crippen LogP contribution in [0.5, 0.6) is 5.75 Å². The molecule has 1 aliphatic carbocycles.